The molecule has 7 heteroatoms. The monoisotopic (exact) mass is 300 g/mol. The molecule has 0 aromatic carbocycles. The highest BCUT2D eigenvalue weighted by Gasteiger charge is 2.17. The van der Waals surface area contributed by atoms with Crippen LogP contribution >= 0.6 is 11.6 Å². The van der Waals surface area contributed by atoms with Crippen molar-refractivity contribution >= 4 is 17.4 Å². The first kappa shape index (κ1) is 15.4. The summed E-state index contributed by atoms with van der Waals surface area (Å²) in [7, 11) is 2.09. The minimum absolute atomic E-state index is 0.165. The maximum absolute atomic E-state index is 5.99. The lowest BCUT2D eigenvalue weighted by Gasteiger charge is -2.30. The van der Waals surface area contributed by atoms with Crippen LogP contribution in [-0.2, 0) is 16.1 Å². The van der Waals surface area contributed by atoms with Crippen LogP contribution in [0.3, 0.4) is 0 Å². The average molecular weight is 301 g/mol. The second kappa shape index (κ2) is 7.73. The van der Waals surface area contributed by atoms with Crippen LogP contribution in [0.4, 0.5) is 5.82 Å². The number of ether oxygens (including phenoxy) is 2. The van der Waals surface area contributed by atoms with Gasteiger partial charge >= 0.3 is 0 Å². The van der Waals surface area contributed by atoms with Crippen molar-refractivity contribution in [1.29, 1.82) is 0 Å². The molecule has 1 aliphatic rings. The number of halogens is 1. The van der Waals surface area contributed by atoms with Crippen molar-refractivity contribution in [2.75, 3.05) is 45.2 Å². The third-order valence-electron chi connectivity index (χ3n) is 3.03. The minimum atomic E-state index is 0.165. The molecule has 0 radical (unpaired) electrons. The Labute approximate surface area is 124 Å². The Morgan fingerprint density at radius 3 is 3.15 bits per heavy atom. The van der Waals surface area contributed by atoms with E-state index in [0.29, 0.717) is 36.6 Å². The van der Waals surface area contributed by atoms with Crippen LogP contribution in [0.25, 0.3) is 0 Å². The molecule has 0 aliphatic carbocycles. The molecule has 20 heavy (non-hydrogen) atoms. The van der Waals surface area contributed by atoms with Gasteiger partial charge in [-0.05, 0) is 14.0 Å². The fraction of sp³-hybridized carbons (Fsp3) is 0.692. The summed E-state index contributed by atoms with van der Waals surface area (Å²) >= 11 is 5.99. The Kier molecular flexibility index (Phi) is 5.97. The first-order valence-corrected chi connectivity index (χ1v) is 7.20. The maximum Gasteiger partial charge on any atom is 0.158 e. The van der Waals surface area contributed by atoms with Gasteiger partial charge in [-0.25, -0.2) is 9.97 Å². The predicted molar refractivity (Wildman–Crippen MR) is 78.1 cm³/mol. The van der Waals surface area contributed by atoms with E-state index >= 15 is 0 Å². The van der Waals surface area contributed by atoms with E-state index in [9.17, 15) is 0 Å². The first-order valence-electron chi connectivity index (χ1n) is 6.82. The summed E-state index contributed by atoms with van der Waals surface area (Å²) in [5.74, 6) is 1.29. The van der Waals surface area contributed by atoms with Crippen LogP contribution in [0.2, 0.25) is 5.15 Å². The Balaban J connectivity index is 1.89. The largest absolute Gasteiger partial charge is 0.374 e. The normalized spacial score (nSPS) is 20.1. The van der Waals surface area contributed by atoms with Crippen LogP contribution < -0.4 is 5.32 Å². The number of hydrogen-bond acceptors (Lipinski definition) is 6. The van der Waals surface area contributed by atoms with Crippen molar-refractivity contribution in [2.24, 2.45) is 0 Å². The van der Waals surface area contributed by atoms with Crippen LogP contribution in [0.5, 0.6) is 0 Å². The quantitative estimate of drug-likeness (QED) is 0.802. The number of hydrogen-bond donors (Lipinski definition) is 1. The lowest BCUT2D eigenvalue weighted by Crippen LogP contribution is -2.43. The zero-order valence-electron chi connectivity index (χ0n) is 11.9. The van der Waals surface area contributed by atoms with Crippen molar-refractivity contribution in [2.45, 2.75) is 19.6 Å². The summed E-state index contributed by atoms with van der Waals surface area (Å²) in [6.07, 6.45) is 0.165. The van der Waals surface area contributed by atoms with Gasteiger partial charge in [0.2, 0.25) is 0 Å². The lowest BCUT2D eigenvalue weighted by atomic mass is 10.3. The number of rotatable bonds is 6. The molecule has 1 unspecified atom stereocenters. The summed E-state index contributed by atoms with van der Waals surface area (Å²) in [5, 5.41) is 3.67. The second-order valence-corrected chi connectivity index (χ2v) is 5.15. The van der Waals surface area contributed by atoms with E-state index in [1.54, 1.807) is 6.07 Å². The number of nitrogens with one attached hydrogen (secondary N) is 1. The summed E-state index contributed by atoms with van der Waals surface area (Å²) in [4.78, 5) is 10.8. The van der Waals surface area contributed by atoms with E-state index in [1.165, 1.54) is 0 Å². The molecule has 0 amide bonds. The first-order chi connectivity index (χ1) is 9.67. The number of morpholine rings is 1. The second-order valence-electron chi connectivity index (χ2n) is 4.77. The van der Waals surface area contributed by atoms with Gasteiger partial charge in [0.15, 0.2) is 5.82 Å². The SMILES string of the molecule is CCOCc1nc(Cl)cc(NCC2CN(C)CCO2)n1. The van der Waals surface area contributed by atoms with Crippen molar-refractivity contribution in [3.05, 3.63) is 17.0 Å². The topological polar surface area (TPSA) is 59.5 Å². The number of aromatic nitrogens is 2. The van der Waals surface area contributed by atoms with Gasteiger partial charge in [0.1, 0.15) is 17.6 Å². The lowest BCUT2D eigenvalue weighted by molar-refractivity contribution is -0.0117. The summed E-state index contributed by atoms with van der Waals surface area (Å²) in [5.41, 5.74) is 0. The molecule has 0 bridgehead atoms. The van der Waals surface area contributed by atoms with Gasteiger partial charge in [-0.3, -0.25) is 0 Å². The van der Waals surface area contributed by atoms with Gasteiger partial charge in [0.05, 0.1) is 12.7 Å². The molecule has 2 rings (SSSR count). The van der Waals surface area contributed by atoms with Gasteiger partial charge in [0.25, 0.3) is 0 Å². The molecule has 1 aliphatic heterocycles. The van der Waals surface area contributed by atoms with E-state index in [-0.39, 0.29) is 6.10 Å². The Hall–Kier alpha value is -0.950. The minimum Gasteiger partial charge on any atom is -0.374 e. The number of nitrogens with zero attached hydrogens (tertiary/aromatic N) is 3. The number of likely N-dealkylation sites (N-methyl/N-ethyl adjacent to an activating group) is 1. The van der Waals surface area contributed by atoms with Gasteiger partial charge in [-0.2, -0.15) is 0 Å². The highest BCUT2D eigenvalue weighted by molar-refractivity contribution is 6.29. The molecular formula is C13H21ClN4O2. The van der Waals surface area contributed by atoms with Gasteiger partial charge in [-0.15, -0.1) is 0 Å². The van der Waals surface area contributed by atoms with E-state index < -0.39 is 0 Å². The van der Waals surface area contributed by atoms with Crippen LogP contribution in [0.15, 0.2) is 6.07 Å². The fourth-order valence-corrected chi connectivity index (χ4v) is 2.22. The Morgan fingerprint density at radius 2 is 2.40 bits per heavy atom. The highest BCUT2D eigenvalue weighted by atomic mass is 35.5. The van der Waals surface area contributed by atoms with Gasteiger partial charge in [-0.1, -0.05) is 11.6 Å². The molecule has 1 saturated heterocycles. The molecule has 0 spiro atoms. The highest BCUT2D eigenvalue weighted by Crippen LogP contribution is 2.13. The summed E-state index contributed by atoms with van der Waals surface area (Å²) in [6.45, 7) is 6.29. The molecule has 6 nitrogen and oxygen atoms in total. The smallest absolute Gasteiger partial charge is 0.158 e. The molecule has 1 fully saturated rings. The van der Waals surface area contributed by atoms with E-state index in [1.807, 2.05) is 6.92 Å². The molecule has 2 heterocycles. The molecule has 1 aromatic rings. The molecule has 1 N–H and O–H groups in total. The van der Waals surface area contributed by atoms with Crippen molar-refractivity contribution in [3.8, 4) is 0 Å². The summed E-state index contributed by atoms with van der Waals surface area (Å²) in [6, 6.07) is 1.71. The van der Waals surface area contributed by atoms with E-state index in [4.69, 9.17) is 21.1 Å². The third kappa shape index (κ3) is 4.86. The molecule has 1 aromatic heterocycles. The fourth-order valence-electron chi connectivity index (χ4n) is 2.02. The van der Waals surface area contributed by atoms with Crippen molar-refractivity contribution in [3.63, 3.8) is 0 Å². The standard InChI is InChI=1S/C13H21ClN4O2/c1-3-19-9-13-16-11(14)6-12(17-13)15-7-10-8-18(2)4-5-20-10/h6,10H,3-5,7-9H2,1-2H3,(H,15,16,17). The molecule has 112 valence electrons. The van der Waals surface area contributed by atoms with Crippen LogP contribution in [-0.4, -0.2) is 60.9 Å². The molecular weight excluding hydrogens is 280 g/mol. The van der Waals surface area contributed by atoms with Gasteiger partial charge in [0, 0.05) is 32.3 Å². The average Bonchev–Trinajstić information content (AvgIpc) is 2.42. The maximum atomic E-state index is 5.99. The summed E-state index contributed by atoms with van der Waals surface area (Å²) < 4.78 is 11.0. The van der Waals surface area contributed by atoms with Crippen molar-refractivity contribution < 1.29 is 9.47 Å². The predicted octanol–water partition coefficient (Wildman–Crippen LogP) is 1.41. The zero-order valence-corrected chi connectivity index (χ0v) is 12.7. The molecule has 0 saturated carbocycles. The zero-order chi connectivity index (χ0) is 14.4. The van der Waals surface area contributed by atoms with Crippen LogP contribution in [0.1, 0.15) is 12.7 Å². The number of anilines is 1. The Morgan fingerprint density at radius 1 is 1.55 bits per heavy atom. The van der Waals surface area contributed by atoms with Gasteiger partial charge < -0.3 is 19.7 Å². The van der Waals surface area contributed by atoms with E-state index in [0.717, 1.165) is 19.7 Å². The third-order valence-corrected chi connectivity index (χ3v) is 3.22. The van der Waals surface area contributed by atoms with Crippen molar-refractivity contribution in [1.82, 2.24) is 14.9 Å². The molecule has 1 atom stereocenters. The Bertz CT molecular complexity index is 433. The van der Waals surface area contributed by atoms with Crippen LogP contribution in [0, 0.1) is 0 Å². The van der Waals surface area contributed by atoms with E-state index in [2.05, 4.69) is 27.2 Å².